The van der Waals surface area contributed by atoms with Crippen molar-refractivity contribution in [1.29, 1.82) is 0 Å². The van der Waals surface area contributed by atoms with E-state index < -0.39 is 25.2 Å². The normalized spacial score (nSPS) is 19.9. The van der Waals surface area contributed by atoms with E-state index in [1.165, 1.54) is 11.8 Å². The van der Waals surface area contributed by atoms with E-state index in [-0.39, 0.29) is 29.3 Å². The van der Waals surface area contributed by atoms with Gasteiger partial charge in [0, 0.05) is 9.24 Å². The van der Waals surface area contributed by atoms with E-state index in [9.17, 15) is 0 Å². The summed E-state index contributed by atoms with van der Waals surface area (Å²) in [6, 6.07) is 6.98. The average Bonchev–Trinajstić information content (AvgIpc) is 2.64. The van der Waals surface area contributed by atoms with Gasteiger partial charge < -0.3 is 9.64 Å². The van der Waals surface area contributed by atoms with Crippen molar-refractivity contribution in [2.24, 2.45) is 0 Å². The van der Waals surface area contributed by atoms with Crippen molar-refractivity contribution >= 4 is 0 Å². The van der Waals surface area contributed by atoms with Crippen LogP contribution in [0.25, 0.3) is 0 Å². The Hall–Kier alpha value is -1.64. The van der Waals surface area contributed by atoms with E-state index in [2.05, 4.69) is 0 Å². The Kier molecular flexibility index (Phi) is 2.88. The molecule has 2 aromatic carbocycles. The molecule has 1 atom stereocenters. The summed E-state index contributed by atoms with van der Waals surface area (Å²) in [5.41, 5.74) is 0.534. The molecule has 0 N–H and O–H groups in total. The number of hydrogen-bond donors (Lipinski definition) is 0. The first kappa shape index (κ1) is 7.96. The maximum atomic E-state index is 9.01. The van der Waals surface area contributed by atoms with Gasteiger partial charge in [0.05, 0.1) is 13.5 Å². The molecule has 106 valence electrons. The van der Waals surface area contributed by atoms with Gasteiger partial charge in [0.1, 0.15) is 6.08 Å². The molecule has 0 amide bonds. The van der Waals surface area contributed by atoms with Crippen molar-refractivity contribution in [2.75, 3.05) is 27.2 Å². The van der Waals surface area contributed by atoms with Crippen molar-refractivity contribution in [2.45, 2.75) is 13.0 Å². The fourth-order valence-corrected chi connectivity index (χ4v) is 1.72. The molecule has 0 fully saturated rings. The van der Waals surface area contributed by atoms with Crippen LogP contribution in [-0.2, 0) is 4.74 Å². The Morgan fingerprint density at radius 2 is 1.95 bits per heavy atom. The smallest absolute Gasteiger partial charge is 0.108 e. The summed E-state index contributed by atoms with van der Waals surface area (Å²) in [7, 11) is 3.11. The van der Waals surface area contributed by atoms with Crippen LogP contribution in [0.2, 0.25) is 0 Å². The Morgan fingerprint density at radius 1 is 1.25 bits per heavy atom. The summed E-state index contributed by atoms with van der Waals surface area (Å²) >= 11 is 0. The summed E-state index contributed by atoms with van der Waals surface area (Å²) in [6.07, 6.45) is -1.99. The molecule has 0 spiro atoms. The number of likely N-dealkylation sites (N-methyl/N-ethyl adjacent to an activating group) is 1. The van der Waals surface area contributed by atoms with Gasteiger partial charge in [0.25, 0.3) is 0 Å². The molecule has 2 nitrogen and oxygen atoms in total. The minimum atomic E-state index is -1.99. The molecule has 0 aliphatic heterocycles. The molecule has 0 bridgehead atoms. The molecule has 0 aliphatic carbocycles. The highest BCUT2D eigenvalue weighted by atomic mass is 16.5. The van der Waals surface area contributed by atoms with Gasteiger partial charge in [-0.25, -0.2) is 0 Å². The lowest BCUT2D eigenvalue weighted by Crippen LogP contribution is -2.20. The molecule has 0 saturated carbocycles. The Labute approximate surface area is 131 Å². The van der Waals surface area contributed by atoms with Crippen LogP contribution in [0.3, 0.4) is 0 Å². The minimum absolute atomic E-state index is 0.0192. The van der Waals surface area contributed by atoms with Crippen molar-refractivity contribution in [3.63, 3.8) is 0 Å². The van der Waals surface area contributed by atoms with Gasteiger partial charge in [0.15, 0.2) is 0 Å². The van der Waals surface area contributed by atoms with Crippen molar-refractivity contribution < 1.29 is 14.3 Å². The van der Waals surface area contributed by atoms with Crippen LogP contribution in [0, 0.1) is 6.92 Å². The second-order valence-corrected chi connectivity index (χ2v) is 4.54. The Morgan fingerprint density at radius 3 is 2.65 bits per heavy atom. The lowest BCUT2D eigenvalue weighted by molar-refractivity contribution is 0.0683. The van der Waals surface area contributed by atoms with Crippen molar-refractivity contribution in [1.82, 2.24) is 4.90 Å². The average molecular weight is 276 g/mol. The zero-order valence-electron chi connectivity index (χ0n) is 18.9. The van der Waals surface area contributed by atoms with Crippen LogP contribution in [0.15, 0.2) is 54.5 Å². The van der Waals surface area contributed by atoms with Crippen LogP contribution < -0.4 is 0 Å². The number of hydrogen-bond acceptors (Lipinski definition) is 2. The number of nitrogens with zero attached hydrogens (tertiary/aromatic N) is 1. The molecule has 0 radical (unpaired) electrons. The van der Waals surface area contributed by atoms with Crippen molar-refractivity contribution in [3.8, 4) is 0 Å². The number of benzene rings is 2. The van der Waals surface area contributed by atoms with Crippen LogP contribution >= 0.6 is 0 Å². The second kappa shape index (κ2) is 7.22. The third-order valence-corrected chi connectivity index (χ3v) is 2.74. The molecule has 0 heterocycles. The number of rotatable bonds is 6. The molecular formula is C18H23NO. The molecule has 1 unspecified atom stereocenters. The van der Waals surface area contributed by atoms with Gasteiger partial charge in [0.2, 0.25) is 0 Å². The summed E-state index contributed by atoms with van der Waals surface area (Å²) < 4.78 is 63.0. The zero-order valence-corrected chi connectivity index (χ0v) is 11.9. The summed E-state index contributed by atoms with van der Waals surface area (Å²) in [5.74, 6) is 0. The lowest BCUT2D eigenvalue weighted by Gasteiger charge is -2.22. The van der Waals surface area contributed by atoms with Crippen molar-refractivity contribution in [3.05, 3.63) is 71.2 Å². The first-order valence-electron chi connectivity index (χ1n) is 9.88. The van der Waals surface area contributed by atoms with Crippen LogP contribution in [-0.4, -0.2) is 32.1 Å². The topological polar surface area (TPSA) is 12.5 Å². The maximum Gasteiger partial charge on any atom is 0.108 e. The van der Waals surface area contributed by atoms with Gasteiger partial charge >= 0.3 is 0 Å². The quantitative estimate of drug-likeness (QED) is 0.798. The summed E-state index contributed by atoms with van der Waals surface area (Å²) in [6.45, 7) is -0.802. The SMILES string of the molecule is [2H]c1c([2H])c([2H])c(C([2H])(OCC([2H])([2H])N(C)C)c2ccccc2)c(C)c1[2H]. The minimum Gasteiger partial charge on any atom is -0.367 e. The summed E-state index contributed by atoms with van der Waals surface area (Å²) in [5, 5.41) is 0. The lowest BCUT2D eigenvalue weighted by atomic mass is 9.97. The molecule has 0 aromatic heterocycles. The number of ether oxygens (including phenoxy) is 1. The van der Waals surface area contributed by atoms with E-state index in [0.717, 1.165) is 0 Å². The monoisotopic (exact) mass is 276 g/mol. The molecule has 0 saturated heterocycles. The third-order valence-electron chi connectivity index (χ3n) is 2.74. The molecular weight excluding hydrogens is 246 g/mol. The first-order valence-corrected chi connectivity index (χ1v) is 6.38. The van der Waals surface area contributed by atoms with Crippen LogP contribution in [0.5, 0.6) is 0 Å². The molecule has 2 rings (SSSR count). The largest absolute Gasteiger partial charge is 0.367 e. The predicted molar refractivity (Wildman–Crippen MR) is 84.0 cm³/mol. The van der Waals surface area contributed by atoms with Gasteiger partial charge in [-0.15, -0.1) is 0 Å². The van der Waals surface area contributed by atoms with Gasteiger partial charge in [-0.05, 0) is 37.7 Å². The highest BCUT2D eigenvalue weighted by molar-refractivity contribution is 5.35. The van der Waals surface area contributed by atoms with Crippen LogP contribution in [0.4, 0.5) is 0 Å². The predicted octanol–water partition coefficient (Wildman–Crippen LogP) is 3.66. The second-order valence-electron chi connectivity index (χ2n) is 4.54. The van der Waals surface area contributed by atoms with E-state index in [1.54, 1.807) is 44.4 Å². The molecule has 0 aliphatic rings. The third kappa shape index (κ3) is 3.92. The van der Waals surface area contributed by atoms with E-state index >= 15 is 0 Å². The Bertz CT molecular complexity index is 797. The van der Waals surface area contributed by atoms with Crippen LogP contribution in [0.1, 0.15) is 32.4 Å². The Balaban J connectivity index is 2.69. The molecule has 20 heavy (non-hydrogen) atoms. The molecule has 2 heteroatoms. The fourth-order valence-electron chi connectivity index (χ4n) is 1.72. The fraction of sp³-hybridized carbons (Fsp3) is 0.333. The highest BCUT2D eigenvalue weighted by Crippen LogP contribution is 2.28. The maximum absolute atomic E-state index is 9.01. The first-order chi connectivity index (χ1) is 12.4. The van der Waals surface area contributed by atoms with E-state index in [0.29, 0.717) is 5.56 Å². The van der Waals surface area contributed by atoms with E-state index in [1.807, 2.05) is 0 Å². The molecule has 2 aromatic rings. The van der Waals surface area contributed by atoms with E-state index in [4.69, 9.17) is 14.3 Å². The van der Waals surface area contributed by atoms with Gasteiger partial charge in [-0.1, -0.05) is 54.5 Å². The van der Waals surface area contributed by atoms with Gasteiger partial charge in [-0.3, -0.25) is 0 Å². The van der Waals surface area contributed by atoms with Gasteiger partial charge in [-0.2, -0.15) is 0 Å². The highest BCUT2D eigenvalue weighted by Gasteiger charge is 2.16. The summed E-state index contributed by atoms with van der Waals surface area (Å²) in [4.78, 5) is 1.33. The zero-order chi connectivity index (χ0) is 20.6. The standard InChI is InChI=1S/C18H23NO/c1-15-9-7-8-12-17(15)18(20-14-13-19(2)3)16-10-5-4-6-11-16/h4-12,18H,13-14H2,1-3H3/i7D,8D,9D,12D,13D2,18D.